The van der Waals surface area contributed by atoms with E-state index in [1.54, 1.807) is 31.1 Å². The first-order valence-corrected chi connectivity index (χ1v) is 8.40. The van der Waals surface area contributed by atoms with Gasteiger partial charge in [0.05, 0.1) is 6.54 Å². The zero-order valence-electron chi connectivity index (χ0n) is 14.4. The Morgan fingerprint density at radius 3 is 2.16 bits per heavy atom. The molecule has 2 aromatic rings. The first-order chi connectivity index (χ1) is 11.9. The van der Waals surface area contributed by atoms with Crippen molar-refractivity contribution in [3.05, 3.63) is 59.1 Å². The fraction of sp³-hybridized carbons (Fsp3) is 0.263. The van der Waals surface area contributed by atoms with Crippen molar-refractivity contribution in [1.82, 2.24) is 4.90 Å². The van der Waals surface area contributed by atoms with Gasteiger partial charge in [0.2, 0.25) is 11.8 Å². The SMILES string of the molecule is CN(C)C(=O)CCc1ccc(NC(=O)CNc2ccc(Cl)cc2)cc1. The summed E-state index contributed by atoms with van der Waals surface area (Å²) in [6.45, 7) is 0.167. The van der Waals surface area contributed by atoms with Gasteiger partial charge in [-0.05, 0) is 48.4 Å². The van der Waals surface area contributed by atoms with Crippen LogP contribution in [0.3, 0.4) is 0 Å². The van der Waals surface area contributed by atoms with Gasteiger partial charge in [0.1, 0.15) is 0 Å². The predicted octanol–water partition coefficient (Wildman–Crippen LogP) is 3.41. The zero-order chi connectivity index (χ0) is 18.2. The molecule has 2 N–H and O–H groups in total. The van der Waals surface area contributed by atoms with Crippen LogP contribution >= 0.6 is 11.6 Å². The molecule has 0 radical (unpaired) electrons. The highest BCUT2D eigenvalue weighted by molar-refractivity contribution is 6.30. The smallest absolute Gasteiger partial charge is 0.243 e. The summed E-state index contributed by atoms with van der Waals surface area (Å²) in [5, 5.41) is 6.52. The highest BCUT2D eigenvalue weighted by Crippen LogP contribution is 2.14. The summed E-state index contributed by atoms with van der Waals surface area (Å²) in [7, 11) is 3.50. The van der Waals surface area contributed by atoms with E-state index in [2.05, 4.69) is 10.6 Å². The lowest BCUT2D eigenvalue weighted by Gasteiger charge is -2.10. The Balaban J connectivity index is 1.78. The first kappa shape index (κ1) is 18.8. The Labute approximate surface area is 153 Å². The molecule has 0 aromatic heterocycles. The second-order valence-electron chi connectivity index (χ2n) is 5.89. The van der Waals surface area contributed by atoms with Crippen molar-refractivity contribution in [3.63, 3.8) is 0 Å². The Morgan fingerprint density at radius 2 is 1.56 bits per heavy atom. The summed E-state index contributed by atoms with van der Waals surface area (Å²) >= 11 is 5.82. The third kappa shape index (κ3) is 6.47. The van der Waals surface area contributed by atoms with Crippen LogP contribution in [0.1, 0.15) is 12.0 Å². The van der Waals surface area contributed by atoms with Gasteiger partial charge in [-0.1, -0.05) is 23.7 Å². The molecular formula is C19H22ClN3O2. The van der Waals surface area contributed by atoms with Crippen LogP contribution in [0.2, 0.25) is 5.02 Å². The maximum absolute atomic E-state index is 12.0. The van der Waals surface area contributed by atoms with Gasteiger partial charge in [-0.15, -0.1) is 0 Å². The number of benzene rings is 2. The molecule has 132 valence electrons. The molecule has 0 atom stereocenters. The molecule has 0 aliphatic heterocycles. The van der Waals surface area contributed by atoms with Gasteiger partial charge >= 0.3 is 0 Å². The molecule has 0 saturated heterocycles. The van der Waals surface area contributed by atoms with Gasteiger partial charge in [-0.2, -0.15) is 0 Å². The minimum Gasteiger partial charge on any atom is -0.376 e. The van der Waals surface area contributed by atoms with Crippen LogP contribution in [0.5, 0.6) is 0 Å². The highest BCUT2D eigenvalue weighted by atomic mass is 35.5. The maximum atomic E-state index is 12.0. The van der Waals surface area contributed by atoms with Gasteiger partial charge in [-0.25, -0.2) is 0 Å². The van der Waals surface area contributed by atoms with Crippen molar-refractivity contribution in [3.8, 4) is 0 Å². The van der Waals surface area contributed by atoms with Gasteiger partial charge in [0.15, 0.2) is 0 Å². The van der Waals surface area contributed by atoms with E-state index < -0.39 is 0 Å². The van der Waals surface area contributed by atoms with Gasteiger partial charge in [0, 0.05) is 36.9 Å². The topological polar surface area (TPSA) is 61.4 Å². The van der Waals surface area contributed by atoms with Crippen molar-refractivity contribution in [2.24, 2.45) is 0 Å². The average molecular weight is 360 g/mol. The van der Waals surface area contributed by atoms with E-state index >= 15 is 0 Å². The minimum absolute atomic E-state index is 0.102. The molecule has 0 heterocycles. The van der Waals surface area contributed by atoms with E-state index in [-0.39, 0.29) is 18.4 Å². The minimum atomic E-state index is -0.134. The molecule has 0 aliphatic carbocycles. The van der Waals surface area contributed by atoms with Crippen LogP contribution in [-0.4, -0.2) is 37.4 Å². The summed E-state index contributed by atoms with van der Waals surface area (Å²) in [5.41, 5.74) is 2.62. The number of nitrogens with one attached hydrogen (secondary N) is 2. The largest absolute Gasteiger partial charge is 0.376 e. The summed E-state index contributed by atoms with van der Waals surface area (Å²) < 4.78 is 0. The molecule has 25 heavy (non-hydrogen) atoms. The van der Waals surface area contributed by atoms with Gasteiger partial charge in [-0.3, -0.25) is 9.59 Å². The average Bonchev–Trinajstić information content (AvgIpc) is 2.60. The lowest BCUT2D eigenvalue weighted by molar-refractivity contribution is -0.128. The Hall–Kier alpha value is -2.53. The number of anilines is 2. The van der Waals surface area contributed by atoms with E-state index in [9.17, 15) is 9.59 Å². The third-order valence-corrected chi connectivity index (χ3v) is 3.91. The van der Waals surface area contributed by atoms with Crippen molar-refractivity contribution < 1.29 is 9.59 Å². The number of hydrogen-bond acceptors (Lipinski definition) is 3. The summed E-state index contributed by atoms with van der Waals surface area (Å²) in [6, 6.07) is 14.7. The molecule has 0 spiro atoms. The maximum Gasteiger partial charge on any atom is 0.243 e. The molecular weight excluding hydrogens is 338 g/mol. The molecule has 6 heteroatoms. The number of rotatable bonds is 7. The van der Waals surface area contributed by atoms with E-state index in [1.807, 2.05) is 36.4 Å². The van der Waals surface area contributed by atoms with Crippen LogP contribution in [0, 0.1) is 0 Å². The lowest BCUT2D eigenvalue weighted by atomic mass is 10.1. The Morgan fingerprint density at radius 1 is 0.960 bits per heavy atom. The van der Waals surface area contributed by atoms with Crippen molar-refractivity contribution in [1.29, 1.82) is 0 Å². The first-order valence-electron chi connectivity index (χ1n) is 8.02. The summed E-state index contributed by atoms with van der Waals surface area (Å²) in [6.07, 6.45) is 1.16. The summed E-state index contributed by atoms with van der Waals surface area (Å²) in [4.78, 5) is 25.2. The molecule has 0 saturated carbocycles. The van der Waals surface area contributed by atoms with E-state index in [4.69, 9.17) is 11.6 Å². The molecule has 2 rings (SSSR count). The second-order valence-corrected chi connectivity index (χ2v) is 6.33. The monoisotopic (exact) mass is 359 g/mol. The molecule has 5 nitrogen and oxygen atoms in total. The Kier molecular flexibility index (Phi) is 6.83. The van der Waals surface area contributed by atoms with Gasteiger partial charge in [0.25, 0.3) is 0 Å². The number of halogens is 1. The molecule has 0 fully saturated rings. The lowest BCUT2D eigenvalue weighted by Crippen LogP contribution is -2.22. The summed E-state index contributed by atoms with van der Waals surface area (Å²) in [5.74, 6) is -0.0314. The van der Waals surface area contributed by atoms with Crippen LogP contribution in [0.25, 0.3) is 0 Å². The zero-order valence-corrected chi connectivity index (χ0v) is 15.1. The number of nitrogens with zero attached hydrogens (tertiary/aromatic N) is 1. The van der Waals surface area contributed by atoms with Crippen LogP contribution < -0.4 is 10.6 Å². The molecule has 0 bridgehead atoms. The molecule has 0 unspecified atom stereocenters. The van der Waals surface area contributed by atoms with Crippen molar-refractivity contribution >= 4 is 34.8 Å². The number of carbonyl (C=O) groups excluding carboxylic acids is 2. The third-order valence-electron chi connectivity index (χ3n) is 3.66. The van der Waals surface area contributed by atoms with Crippen LogP contribution in [0.4, 0.5) is 11.4 Å². The molecule has 0 aliphatic rings. The quantitative estimate of drug-likeness (QED) is 0.796. The number of hydrogen-bond donors (Lipinski definition) is 2. The van der Waals surface area contributed by atoms with Crippen LogP contribution in [0.15, 0.2) is 48.5 Å². The van der Waals surface area contributed by atoms with Crippen molar-refractivity contribution in [2.45, 2.75) is 12.8 Å². The van der Waals surface area contributed by atoms with E-state index in [0.29, 0.717) is 17.9 Å². The second kappa shape index (κ2) is 9.08. The van der Waals surface area contributed by atoms with Crippen molar-refractivity contribution in [2.75, 3.05) is 31.3 Å². The van der Waals surface area contributed by atoms with E-state index in [1.165, 1.54) is 0 Å². The van der Waals surface area contributed by atoms with Crippen LogP contribution in [-0.2, 0) is 16.0 Å². The molecule has 2 amide bonds. The Bertz CT molecular complexity index is 712. The normalized spacial score (nSPS) is 10.2. The fourth-order valence-corrected chi connectivity index (χ4v) is 2.31. The van der Waals surface area contributed by atoms with Gasteiger partial charge < -0.3 is 15.5 Å². The number of aryl methyl sites for hydroxylation is 1. The predicted molar refractivity (Wildman–Crippen MR) is 102 cm³/mol. The molecule has 2 aromatic carbocycles. The van der Waals surface area contributed by atoms with E-state index in [0.717, 1.165) is 16.9 Å². The number of carbonyl (C=O) groups is 2. The fourth-order valence-electron chi connectivity index (χ4n) is 2.18. The standard InChI is InChI=1S/C19H22ClN3O2/c1-23(2)19(25)12-5-14-3-8-17(9-4-14)22-18(24)13-21-16-10-6-15(20)7-11-16/h3-4,6-11,21H,5,12-13H2,1-2H3,(H,22,24). The highest BCUT2D eigenvalue weighted by Gasteiger charge is 2.05. The number of amides is 2.